The molecule has 3 rings (SSSR count). The van der Waals surface area contributed by atoms with Crippen molar-refractivity contribution in [2.75, 3.05) is 11.9 Å². The Morgan fingerprint density at radius 2 is 1.89 bits per heavy atom. The minimum absolute atomic E-state index is 0.939. The molecule has 0 atom stereocenters. The smallest absolute Gasteiger partial charge is 0.0722 e. The first-order chi connectivity index (χ1) is 9.43. The van der Waals surface area contributed by atoms with Crippen LogP contribution in [0.25, 0.3) is 10.9 Å². The van der Waals surface area contributed by atoms with Gasteiger partial charge in [-0.2, -0.15) is 0 Å². The van der Waals surface area contributed by atoms with Gasteiger partial charge in [-0.05, 0) is 24.5 Å². The van der Waals surface area contributed by atoms with Crippen molar-refractivity contribution < 1.29 is 0 Å². The summed E-state index contributed by atoms with van der Waals surface area (Å²) in [5, 5.41) is 4.83. The maximum absolute atomic E-state index is 4.40. The fourth-order valence-electron chi connectivity index (χ4n) is 3.14. The fourth-order valence-corrected chi connectivity index (χ4v) is 3.14. The first-order valence-electron chi connectivity index (χ1n) is 7.51. The molecular formula is C17H22N2. The predicted molar refractivity (Wildman–Crippen MR) is 81.4 cm³/mol. The molecule has 0 unspecified atom stereocenters. The molecule has 0 aliphatic heterocycles. The molecule has 1 fully saturated rings. The lowest BCUT2D eigenvalue weighted by molar-refractivity contribution is 0.345. The van der Waals surface area contributed by atoms with Crippen LogP contribution in [0.2, 0.25) is 0 Å². The zero-order chi connectivity index (χ0) is 12.9. The van der Waals surface area contributed by atoms with Crippen molar-refractivity contribution in [1.82, 2.24) is 4.98 Å². The summed E-state index contributed by atoms with van der Waals surface area (Å²) >= 11 is 0. The predicted octanol–water partition coefficient (Wildman–Crippen LogP) is 4.62. The highest BCUT2D eigenvalue weighted by molar-refractivity contribution is 5.90. The van der Waals surface area contributed by atoms with E-state index in [1.807, 2.05) is 12.3 Å². The molecule has 0 saturated heterocycles. The normalized spacial score (nSPS) is 16.6. The van der Waals surface area contributed by atoms with Gasteiger partial charge in [0.05, 0.1) is 5.52 Å². The van der Waals surface area contributed by atoms with Gasteiger partial charge in [0.2, 0.25) is 0 Å². The number of rotatable bonds is 4. The van der Waals surface area contributed by atoms with Gasteiger partial charge in [0, 0.05) is 23.8 Å². The summed E-state index contributed by atoms with van der Waals surface area (Å²) in [7, 11) is 0. The third-order valence-electron chi connectivity index (χ3n) is 4.24. The molecule has 1 aliphatic rings. The highest BCUT2D eigenvalue weighted by Crippen LogP contribution is 2.27. The standard InChI is InChI=1S/C17H22N2/c1-2-6-14(7-3-1)10-12-18-17-11-13-19-16-9-5-4-8-15(16)17/h4-5,8-9,11,13-14H,1-3,6-7,10,12H2,(H,18,19). The van der Waals surface area contributed by atoms with E-state index in [-0.39, 0.29) is 0 Å². The summed E-state index contributed by atoms with van der Waals surface area (Å²) in [6.45, 7) is 1.08. The summed E-state index contributed by atoms with van der Waals surface area (Å²) in [5.41, 5.74) is 2.30. The van der Waals surface area contributed by atoms with Crippen LogP contribution < -0.4 is 5.32 Å². The quantitative estimate of drug-likeness (QED) is 0.861. The molecule has 1 aromatic heterocycles. The second-order valence-corrected chi connectivity index (χ2v) is 5.60. The van der Waals surface area contributed by atoms with E-state index in [0.29, 0.717) is 0 Å². The van der Waals surface area contributed by atoms with Crippen molar-refractivity contribution in [1.29, 1.82) is 0 Å². The molecule has 2 aromatic rings. The number of hydrogen-bond donors (Lipinski definition) is 1. The number of pyridine rings is 1. The largest absolute Gasteiger partial charge is 0.384 e. The summed E-state index contributed by atoms with van der Waals surface area (Å²) < 4.78 is 0. The third-order valence-corrected chi connectivity index (χ3v) is 4.24. The lowest BCUT2D eigenvalue weighted by Crippen LogP contribution is -2.12. The zero-order valence-electron chi connectivity index (χ0n) is 11.4. The number of para-hydroxylation sites is 1. The zero-order valence-corrected chi connectivity index (χ0v) is 11.4. The topological polar surface area (TPSA) is 24.9 Å². The molecule has 0 bridgehead atoms. The van der Waals surface area contributed by atoms with E-state index in [9.17, 15) is 0 Å². The molecule has 1 N–H and O–H groups in total. The van der Waals surface area contributed by atoms with Crippen LogP contribution in [0.3, 0.4) is 0 Å². The molecule has 2 nitrogen and oxygen atoms in total. The average Bonchev–Trinajstić information content (AvgIpc) is 2.49. The van der Waals surface area contributed by atoms with Gasteiger partial charge in [0.15, 0.2) is 0 Å². The Kier molecular flexibility index (Phi) is 3.97. The lowest BCUT2D eigenvalue weighted by atomic mass is 9.87. The van der Waals surface area contributed by atoms with Gasteiger partial charge in [-0.15, -0.1) is 0 Å². The van der Waals surface area contributed by atoms with Crippen LogP contribution in [-0.4, -0.2) is 11.5 Å². The molecule has 1 aromatic carbocycles. The van der Waals surface area contributed by atoms with E-state index >= 15 is 0 Å². The van der Waals surface area contributed by atoms with E-state index in [0.717, 1.165) is 18.0 Å². The van der Waals surface area contributed by atoms with Crippen molar-refractivity contribution in [3.8, 4) is 0 Å². The van der Waals surface area contributed by atoms with Crippen LogP contribution in [0.5, 0.6) is 0 Å². The Bertz CT molecular complexity index is 524. The van der Waals surface area contributed by atoms with Crippen LogP contribution in [-0.2, 0) is 0 Å². The van der Waals surface area contributed by atoms with Gasteiger partial charge in [0.25, 0.3) is 0 Å². The Morgan fingerprint density at radius 1 is 1.05 bits per heavy atom. The van der Waals surface area contributed by atoms with Crippen LogP contribution in [0, 0.1) is 5.92 Å². The van der Waals surface area contributed by atoms with Crippen molar-refractivity contribution in [2.24, 2.45) is 5.92 Å². The van der Waals surface area contributed by atoms with E-state index in [2.05, 4.69) is 34.6 Å². The van der Waals surface area contributed by atoms with Crippen LogP contribution >= 0.6 is 0 Å². The monoisotopic (exact) mass is 254 g/mol. The molecular weight excluding hydrogens is 232 g/mol. The number of anilines is 1. The summed E-state index contributed by atoms with van der Waals surface area (Å²) in [6.07, 6.45) is 10.4. The number of benzene rings is 1. The van der Waals surface area contributed by atoms with Crippen LogP contribution in [0.15, 0.2) is 36.5 Å². The van der Waals surface area contributed by atoms with E-state index in [1.165, 1.54) is 49.6 Å². The Balaban J connectivity index is 1.62. The second kappa shape index (κ2) is 6.05. The van der Waals surface area contributed by atoms with E-state index in [4.69, 9.17) is 0 Å². The summed E-state index contributed by atoms with van der Waals surface area (Å²) in [6, 6.07) is 10.4. The molecule has 2 heteroatoms. The Hall–Kier alpha value is -1.57. The molecule has 0 spiro atoms. The Morgan fingerprint density at radius 3 is 2.79 bits per heavy atom. The van der Waals surface area contributed by atoms with Gasteiger partial charge in [0.1, 0.15) is 0 Å². The SMILES string of the molecule is c1ccc2c(NCCC3CCCCC3)ccnc2c1. The van der Waals surface area contributed by atoms with Crippen molar-refractivity contribution in [3.05, 3.63) is 36.5 Å². The highest BCUT2D eigenvalue weighted by Gasteiger charge is 2.12. The van der Waals surface area contributed by atoms with E-state index in [1.54, 1.807) is 0 Å². The summed E-state index contributed by atoms with van der Waals surface area (Å²) in [5.74, 6) is 0.939. The van der Waals surface area contributed by atoms with Gasteiger partial charge < -0.3 is 5.32 Å². The summed E-state index contributed by atoms with van der Waals surface area (Å²) in [4.78, 5) is 4.40. The molecule has 100 valence electrons. The van der Waals surface area contributed by atoms with Gasteiger partial charge in [-0.3, -0.25) is 4.98 Å². The minimum Gasteiger partial charge on any atom is -0.384 e. The maximum atomic E-state index is 4.40. The third kappa shape index (κ3) is 3.06. The molecule has 0 radical (unpaired) electrons. The number of fused-ring (bicyclic) bond motifs is 1. The minimum atomic E-state index is 0.939. The molecule has 1 saturated carbocycles. The molecule has 0 amide bonds. The Labute approximate surface area is 115 Å². The lowest BCUT2D eigenvalue weighted by Gasteiger charge is -2.21. The highest BCUT2D eigenvalue weighted by atomic mass is 14.9. The van der Waals surface area contributed by atoms with Crippen molar-refractivity contribution >= 4 is 16.6 Å². The molecule has 1 aliphatic carbocycles. The van der Waals surface area contributed by atoms with Crippen molar-refractivity contribution in [3.63, 3.8) is 0 Å². The maximum Gasteiger partial charge on any atom is 0.0722 e. The second-order valence-electron chi connectivity index (χ2n) is 5.60. The van der Waals surface area contributed by atoms with Gasteiger partial charge >= 0.3 is 0 Å². The molecule has 1 heterocycles. The number of nitrogens with zero attached hydrogens (tertiary/aromatic N) is 1. The number of aromatic nitrogens is 1. The van der Waals surface area contributed by atoms with Crippen molar-refractivity contribution in [2.45, 2.75) is 38.5 Å². The number of nitrogens with one attached hydrogen (secondary N) is 1. The number of hydrogen-bond acceptors (Lipinski definition) is 2. The van der Waals surface area contributed by atoms with Gasteiger partial charge in [-0.1, -0.05) is 50.3 Å². The van der Waals surface area contributed by atoms with Crippen LogP contribution in [0.4, 0.5) is 5.69 Å². The first-order valence-corrected chi connectivity index (χ1v) is 7.51. The fraction of sp³-hybridized carbons (Fsp3) is 0.471. The van der Waals surface area contributed by atoms with Gasteiger partial charge in [-0.25, -0.2) is 0 Å². The molecule has 19 heavy (non-hydrogen) atoms. The van der Waals surface area contributed by atoms with Crippen LogP contribution in [0.1, 0.15) is 38.5 Å². The first kappa shape index (κ1) is 12.5. The van der Waals surface area contributed by atoms with E-state index < -0.39 is 0 Å². The average molecular weight is 254 g/mol.